The summed E-state index contributed by atoms with van der Waals surface area (Å²) in [6.07, 6.45) is 0. The molecule has 0 bridgehead atoms. The molecular formula is C15H16FN3O2S. The standard InChI is InChI=1S/C15H16FN3O2S/c1-2-21-15(20)9-3-5-10(6-4-9)19-22-12-8-7-11(16)13(17)14(12)18/h3-8,19H,2,17-18H2,1H3. The molecule has 0 atom stereocenters. The SMILES string of the molecule is CCOC(=O)c1ccc(NSc2ccc(F)c(N)c2N)cc1. The topological polar surface area (TPSA) is 90.4 Å². The summed E-state index contributed by atoms with van der Waals surface area (Å²) in [4.78, 5) is 12.2. The van der Waals surface area contributed by atoms with Crippen molar-refractivity contribution in [1.29, 1.82) is 0 Å². The summed E-state index contributed by atoms with van der Waals surface area (Å²) in [5.41, 5.74) is 12.7. The van der Waals surface area contributed by atoms with E-state index in [1.54, 1.807) is 37.3 Å². The summed E-state index contributed by atoms with van der Waals surface area (Å²) in [6.45, 7) is 2.09. The van der Waals surface area contributed by atoms with E-state index in [1.807, 2.05) is 0 Å². The van der Waals surface area contributed by atoms with Gasteiger partial charge in [-0.1, -0.05) is 0 Å². The summed E-state index contributed by atoms with van der Waals surface area (Å²) in [6, 6.07) is 9.60. The first-order valence-corrected chi connectivity index (χ1v) is 7.38. The predicted molar refractivity (Wildman–Crippen MR) is 87.1 cm³/mol. The molecule has 2 aromatic carbocycles. The van der Waals surface area contributed by atoms with Crippen LogP contribution in [0.1, 0.15) is 17.3 Å². The van der Waals surface area contributed by atoms with Crippen molar-refractivity contribution < 1.29 is 13.9 Å². The van der Waals surface area contributed by atoms with E-state index >= 15 is 0 Å². The largest absolute Gasteiger partial charge is 0.462 e. The second-order valence-electron chi connectivity index (χ2n) is 4.37. The van der Waals surface area contributed by atoms with E-state index in [0.29, 0.717) is 17.1 Å². The third-order valence-electron chi connectivity index (χ3n) is 2.87. The second kappa shape index (κ2) is 7.04. The third kappa shape index (κ3) is 3.62. The van der Waals surface area contributed by atoms with Gasteiger partial charge in [0.25, 0.3) is 0 Å². The van der Waals surface area contributed by atoms with Crippen LogP contribution in [0.2, 0.25) is 0 Å². The second-order valence-corrected chi connectivity index (χ2v) is 5.22. The van der Waals surface area contributed by atoms with E-state index in [2.05, 4.69) is 4.72 Å². The zero-order chi connectivity index (χ0) is 16.1. The molecule has 0 heterocycles. The van der Waals surface area contributed by atoms with Crippen LogP contribution in [0.25, 0.3) is 0 Å². The zero-order valence-corrected chi connectivity index (χ0v) is 12.7. The van der Waals surface area contributed by atoms with Crippen molar-refractivity contribution in [1.82, 2.24) is 0 Å². The number of nitrogens with one attached hydrogen (secondary N) is 1. The molecule has 0 amide bonds. The maximum Gasteiger partial charge on any atom is 0.338 e. The number of rotatable bonds is 5. The highest BCUT2D eigenvalue weighted by molar-refractivity contribution is 8.00. The van der Waals surface area contributed by atoms with E-state index in [0.717, 1.165) is 5.69 Å². The van der Waals surface area contributed by atoms with Crippen LogP contribution in [0.15, 0.2) is 41.3 Å². The molecule has 5 N–H and O–H groups in total. The predicted octanol–water partition coefficient (Wildman–Crippen LogP) is 3.29. The average molecular weight is 321 g/mol. The highest BCUT2D eigenvalue weighted by Crippen LogP contribution is 2.31. The molecule has 0 aromatic heterocycles. The van der Waals surface area contributed by atoms with Gasteiger partial charge >= 0.3 is 5.97 Å². The number of hydrogen-bond donors (Lipinski definition) is 3. The fraction of sp³-hybridized carbons (Fsp3) is 0.133. The number of ether oxygens (including phenoxy) is 1. The number of anilines is 3. The highest BCUT2D eigenvalue weighted by Gasteiger charge is 2.09. The molecule has 0 aliphatic carbocycles. The van der Waals surface area contributed by atoms with Crippen molar-refractivity contribution in [2.45, 2.75) is 11.8 Å². The Balaban J connectivity index is 2.03. The molecule has 0 unspecified atom stereocenters. The lowest BCUT2D eigenvalue weighted by Gasteiger charge is -2.10. The van der Waals surface area contributed by atoms with Gasteiger partial charge in [0.15, 0.2) is 0 Å². The van der Waals surface area contributed by atoms with Gasteiger partial charge in [-0.25, -0.2) is 9.18 Å². The maximum atomic E-state index is 13.2. The quantitative estimate of drug-likeness (QED) is 0.445. The summed E-state index contributed by atoms with van der Waals surface area (Å²) < 4.78 is 21.2. The van der Waals surface area contributed by atoms with E-state index in [4.69, 9.17) is 16.2 Å². The molecule has 0 spiro atoms. The van der Waals surface area contributed by atoms with Gasteiger partial charge in [-0.05, 0) is 55.3 Å². The van der Waals surface area contributed by atoms with Gasteiger partial charge in [-0.3, -0.25) is 0 Å². The van der Waals surface area contributed by atoms with E-state index in [-0.39, 0.29) is 17.3 Å². The first-order chi connectivity index (χ1) is 10.5. The van der Waals surface area contributed by atoms with Crippen molar-refractivity contribution in [3.05, 3.63) is 47.8 Å². The minimum atomic E-state index is -0.541. The van der Waals surface area contributed by atoms with Gasteiger partial charge in [-0.2, -0.15) is 0 Å². The lowest BCUT2D eigenvalue weighted by Crippen LogP contribution is -2.04. The first-order valence-electron chi connectivity index (χ1n) is 6.56. The Kier molecular flexibility index (Phi) is 5.11. The smallest absolute Gasteiger partial charge is 0.338 e. The summed E-state index contributed by atoms with van der Waals surface area (Å²) in [7, 11) is 0. The number of carbonyl (C=O) groups excluding carboxylic acids is 1. The van der Waals surface area contributed by atoms with Gasteiger partial charge in [0.05, 0.1) is 28.4 Å². The van der Waals surface area contributed by atoms with Crippen LogP contribution in [0.3, 0.4) is 0 Å². The van der Waals surface area contributed by atoms with E-state index < -0.39 is 5.82 Å². The molecule has 0 saturated heterocycles. The lowest BCUT2D eigenvalue weighted by molar-refractivity contribution is 0.0526. The monoisotopic (exact) mass is 321 g/mol. The lowest BCUT2D eigenvalue weighted by atomic mass is 10.2. The van der Waals surface area contributed by atoms with Crippen LogP contribution in [-0.4, -0.2) is 12.6 Å². The Morgan fingerprint density at radius 3 is 2.50 bits per heavy atom. The molecule has 0 fully saturated rings. The highest BCUT2D eigenvalue weighted by atomic mass is 32.2. The zero-order valence-electron chi connectivity index (χ0n) is 11.9. The Labute approximate surface area is 132 Å². The van der Waals surface area contributed by atoms with Crippen molar-refractivity contribution in [2.24, 2.45) is 0 Å². The van der Waals surface area contributed by atoms with E-state index in [9.17, 15) is 9.18 Å². The minimum absolute atomic E-state index is 0.0653. The molecule has 2 aromatic rings. The minimum Gasteiger partial charge on any atom is -0.462 e. The molecule has 7 heteroatoms. The molecule has 0 aliphatic heterocycles. The number of nitrogen functional groups attached to an aromatic ring is 2. The number of hydrogen-bond acceptors (Lipinski definition) is 6. The molecule has 22 heavy (non-hydrogen) atoms. The van der Waals surface area contributed by atoms with Crippen molar-refractivity contribution in [3.8, 4) is 0 Å². The van der Waals surface area contributed by atoms with Crippen LogP contribution in [0.5, 0.6) is 0 Å². The van der Waals surface area contributed by atoms with Crippen LogP contribution >= 0.6 is 11.9 Å². The Morgan fingerprint density at radius 2 is 1.86 bits per heavy atom. The number of carbonyl (C=O) groups is 1. The molecule has 0 aliphatic rings. The van der Waals surface area contributed by atoms with Gasteiger partial charge in [-0.15, -0.1) is 0 Å². The number of halogens is 1. The Bertz CT molecular complexity index is 677. The Morgan fingerprint density at radius 1 is 1.18 bits per heavy atom. The number of benzene rings is 2. The molecule has 5 nitrogen and oxygen atoms in total. The van der Waals surface area contributed by atoms with Crippen molar-refractivity contribution in [2.75, 3.05) is 22.8 Å². The van der Waals surface area contributed by atoms with Gasteiger partial charge < -0.3 is 20.9 Å². The van der Waals surface area contributed by atoms with Crippen LogP contribution in [0, 0.1) is 5.82 Å². The van der Waals surface area contributed by atoms with Crippen molar-refractivity contribution >= 4 is 35.0 Å². The summed E-state index contributed by atoms with van der Waals surface area (Å²) >= 11 is 1.21. The van der Waals surface area contributed by atoms with E-state index in [1.165, 1.54) is 18.0 Å². The average Bonchev–Trinajstić information content (AvgIpc) is 2.53. The molecular weight excluding hydrogens is 305 g/mol. The summed E-state index contributed by atoms with van der Waals surface area (Å²) in [5.74, 6) is -0.905. The molecule has 0 radical (unpaired) electrons. The fourth-order valence-electron chi connectivity index (χ4n) is 1.68. The van der Waals surface area contributed by atoms with Crippen LogP contribution in [-0.2, 0) is 4.74 Å². The van der Waals surface area contributed by atoms with Crippen LogP contribution < -0.4 is 16.2 Å². The molecule has 0 saturated carbocycles. The maximum absolute atomic E-state index is 13.2. The van der Waals surface area contributed by atoms with Gasteiger partial charge in [0.1, 0.15) is 5.82 Å². The van der Waals surface area contributed by atoms with Crippen LogP contribution in [0.4, 0.5) is 21.5 Å². The summed E-state index contributed by atoms with van der Waals surface area (Å²) in [5, 5.41) is 0. The molecule has 116 valence electrons. The number of esters is 1. The normalized spacial score (nSPS) is 10.3. The van der Waals surface area contributed by atoms with Crippen molar-refractivity contribution in [3.63, 3.8) is 0 Å². The third-order valence-corrected chi connectivity index (χ3v) is 3.78. The molecule has 2 rings (SSSR count). The van der Waals surface area contributed by atoms with Gasteiger partial charge in [0.2, 0.25) is 0 Å². The van der Waals surface area contributed by atoms with Gasteiger partial charge in [0, 0.05) is 5.69 Å². The number of nitrogens with two attached hydrogens (primary N) is 2. The fourth-order valence-corrected chi connectivity index (χ4v) is 2.40. The first kappa shape index (κ1) is 16.0. The Hall–Kier alpha value is -2.41.